The van der Waals surface area contributed by atoms with Crippen molar-refractivity contribution in [2.45, 2.75) is 5.22 Å². The number of carbonyl (C=O) groups is 2. The SMILES string of the molecule is O=C(O)/C(=C/c1ccc(-c2ccc(C(=O)O)cc2)o1)Sc1nc2ccccc2o1. The first kappa shape index (κ1) is 18.6. The first-order valence-electron chi connectivity index (χ1n) is 8.41. The number of aliphatic carboxylic acids is 1. The average Bonchev–Trinajstić information content (AvgIpc) is 3.34. The molecule has 0 saturated heterocycles. The molecule has 4 aromatic rings. The number of rotatable bonds is 6. The Morgan fingerprint density at radius 1 is 0.931 bits per heavy atom. The van der Waals surface area contributed by atoms with Crippen molar-refractivity contribution >= 4 is 40.9 Å². The monoisotopic (exact) mass is 407 g/mol. The van der Waals surface area contributed by atoms with E-state index in [-0.39, 0.29) is 15.7 Å². The van der Waals surface area contributed by atoms with Crippen molar-refractivity contribution in [3.63, 3.8) is 0 Å². The highest BCUT2D eigenvalue weighted by Gasteiger charge is 2.16. The first-order valence-corrected chi connectivity index (χ1v) is 9.23. The maximum atomic E-state index is 11.6. The van der Waals surface area contributed by atoms with Crippen LogP contribution < -0.4 is 0 Å². The largest absolute Gasteiger partial charge is 0.478 e. The van der Waals surface area contributed by atoms with E-state index >= 15 is 0 Å². The van der Waals surface area contributed by atoms with Gasteiger partial charge in [-0.15, -0.1) is 0 Å². The van der Waals surface area contributed by atoms with Gasteiger partial charge in [-0.1, -0.05) is 24.3 Å². The fourth-order valence-corrected chi connectivity index (χ4v) is 3.34. The van der Waals surface area contributed by atoms with Crippen LogP contribution >= 0.6 is 11.8 Å². The van der Waals surface area contributed by atoms with Crippen LogP contribution in [0.3, 0.4) is 0 Å². The van der Waals surface area contributed by atoms with Gasteiger partial charge in [0.05, 0.1) is 5.56 Å². The molecule has 0 aliphatic carbocycles. The predicted molar refractivity (Wildman–Crippen MR) is 107 cm³/mol. The fourth-order valence-electron chi connectivity index (χ4n) is 2.62. The third-order valence-corrected chi connectivity index (χ3v) is 4.86. The first-order chi connectivity index (χ1) is 14.0. The van der Waals surface area contributed by atoms with Gasteiger partial charge in [-0.25, -0.2) is 14.6 Å². The topological polar surface area (TPSA) is 114 Å². The molecule has 0 bridgehead atoms. The van der Waals surface area contributed by atoms with Crippen LogP contribution in [-0.2, 0) is 4.79 Å². The summed E-state index contributed by atoms with van der Waals surface area (Å²) in [6, 6.07) is 16.7. The minimum atomic E-state index is -1.14. The number of hydrogen-bond acceptors (Lipinski definition) is 6. The Labute approximate surface area is 168 Å². The standard InChI is InChI=1S/C21H13NO6S/c23-19(24)13-7-5-12(6-8-13)16-10-9-14(27-16)11-18(20(25)26)29-21-22-15-3-1-2-4-17(15)28-21/h1-11H,(H,23,24)(H,25,26)/b18-11-. The number of hydrogen-bond donors (Lipinski definition) is 2. The van der Waals surface area contributed by atoms with Crippen LogP contribution in [-0.4, -0.2) is 27.1 Å². The Bertz CT molecular complexity index is 1200. The zero-order valence-electron chi connectivity index (χ0n) is 14.7. The second-order valence-electron chi connectivity index (χ2n) is 5.95. The third kappa shape index (κ3) is 4.07. The number of aromatic carboxylic acids is 1. The number of thioether (sulfide) groups is 1. The highest BCUT2D eigenvalue weighted by Crippen LogP contribution is 2.32. The van der Waals surface area contributed by atoms with E-state index in [9.17, 15) is 14.7 Å². The summed E-state index contributed by atoms with van der Waals surface area (Å²) in [6.45, 7) is 0. The molecule has 2 heterocycles. The molecule has 2 N–H and O–H groups in total. The van der Waals surface area contributed by atoms with E-state index in [4.69, 9.17) is 13.9 Å². The normalized spacial score (nSPS) is 11.7. The molecular formula is C21H13NO6S. The molecule has 8 heteroatoms. The van der Waals surface area contributed by atoms with Crippen molar-refractivity contribution in [1.29, 1.82) is 0 Å². The molecule has 0 fully saturated rings. The number of carboxylic acids is 2. The fraction of sp³-hybridized carbons (Fsp3) is 0. The molecule has 0 saturated carbocycles. The number of para-hydroxylation sites is 2. The van der Waals surface area contributed by atoms with Crippen molar-refractivity contribution in [3.8, 4) is 11.3 Å². The molecule has 0 unspecified atom stereocenters. The van der Waals surface area contributed by atoms with Gasteiger partial charge >= 0.3 is 11.9 Å². The molecule has 0 radical (unpaired) electrons. The van der Waals surface area contributed by atoms with Gasteiger partial charge in [-0.2, -0.15) is 0 Å². The molecule has 2 aromatic heterocycles. The van der Waals surface area contributed by atoms with Gasteiger partial charge in [-0.05, 0) is 48.2 Å². The minimum absolute atomic E-state index is 0.0151. The van der Waals surface area contributed by atoms with Crippen LogP contribution in [0.5, 0.6) is 0 Å². The number of nitrogens with zero attached hydrogens (tertiary/aromatic N) is 1. The number of benzene rings is 2. The Hall–Kier alpha value is -3.78. The van der Waals surface area contributed by atoms with Crippen molar-refractivity contribution in [3.05, 3.63) is 76.9 Å². The lowest BCUT2D eigenvalue weighted by Gasteiger charge is -1.99. The van der Waals surface area contributed by atoms with E-state index in [0.717, 1.165) is 11.8 Å². The molecule has 0 aliphatic heterocycles. The van der Waals surface area contributed by atoms with Crippen LogP contribution in [0.15, 0.2) is 79.6 Å². The van der Waals surface area contributed by atoms with Crippen molar-refractivity contribution in [2.75, 3.05) is 0 Å². The highest BCUT2D eigenvalue weighted by atomic mass is 32.2. The zero-order valence-corrected chi connectivity index (χ0v) is 15.6. The van der Waals surface area contributed by atoms with Gasteiger partial charge in [0.25, 0.3) is 5.22 Å². The second-order valence-corrected chi connectivity index (χ2v) is 6.94. The molecule has 0 spiro atoms. The summed E-state index contributed by atoms with van der Waals surface area (Å²) in [4.78, 5) is 26.8. The molecule has 4 rings (SSSR count). The average molecular weight is 407 g/mol. The number of carboxylic acid groups (broad SMARTS) is 2. The quantitative estimate of drug-likeness (QED) is 0.339. The molecule has 0 atom stereocenters. The van der Waals surface area contributed by atoms with Gasteiger partial charge < -0.3 is 19.0 Å². The summed E-state index contributed by atoms with van der Waals surface area (Å²) < 4.78 is 11.3. The highest BCUT2D eigenvalue weighted by molar-refractivity contribution is 8.03. The van der Waals surface area contributed by atoms with Gasteiger partial charge in [0.15, 0.2) is 5.58 Å². The maximum Gasteiger partial charge on any atom is 0.342 e. The summed E-state index contributed by atoms with van der Waals surface area (Å²) in [5, 5.41) is 18.7. The Morgan fingerprint density at radius 2 is 1.69 bits per heavy atom. The lowest BCUT2D eigenvalue weighted by molar-refractivity contribution is -0.131. The Morgan fingerprint density at radius 3 is 2.38 bits per heavy atom. The van der Waals surface area contributed by atoms with E-state index in [1.54, 1.807) is 36.4 Å². The smallest absolute Gasteiger partial charge is 0.342 e. The summed E-state index contributed by atoms with van der Waals surface area (Å²) in [5.41, 5.74) is 2.07. The Kier molecular flexibility index (Phi) is 4.92. The van der Waals surface area contributed by atoms with Crippen molar-refractivity contribution < 1.29 is 28.6 Å². The number of aromatic nitrogens is 1. The second kappa shape index (κ2) is 7.69. The lowest BCUT2D eigenvalue weighted by Crippen LogP contribution is -1.96. The Balaban J connectivity index is 1.59. The third-order valence-electron chi connectivity index (χ3n) is 4.00. The molecule has 7 nitrogen and oxygen atoms in total. The van der Waals surface area contributed by atoms with E-state index in [1.165, 1.54) is 18.2 Å². The van der Waals surface area contributed by atoms with E-state index < -0.39 is 11.9 Å². The van der Waals surface area contributed by atoms with Crippen LogP contribution in [0.25, 0.3) is 28.5 Å². The molecule has 29 heavy (non-hydrogen) atoms. The van der Waals surface area contributed by atoms with Gasteiger partial charge in [-0.3, -0.25) is 0 Å². The van der Waals surface area contributed by atoms with E-state index in [2.05, 4.69) is 4.98 Å². The number of oxazole rings is 1. The molecule has 2 aromatic carbocycles. The summed E-state index contributed by atoms with van der Waals surface area (Å²) >= 11 is 0.886. The zero-order chi connectivity index (χ0) is 20.4. The van der Waals surface area contributed by atoms with Gasteiger partial charge in [0.1, 0.15) is 21.9 Å². The predicted octanol–water partition coefficient (Wildman–Crippen LogP) is 5.00. The van der Waals surface area contributed by atoms with Gasteiger partial charge in [0.2, 0.25) is 0 Å². The van der Waals surface area contributed by atoms with E-state index in [1.807, 2.05) is 12.1 Å². The summed E-state index contributed by atoms with van der Waals surface area (Å²) in [7, 11) is 0. The van der Waals surface area contributed by atoms with Crippen LogP contribution in [0.2, 0.25) is 0 Å². The van der Waals surface area contributed by atoms with E-state index in [0.29, 0.717) is 28.2 Å². The molecular weight excluding hydrogens is 394 g/mol. The van der Waals surface area contributed by atoms with Crippen LogP contribution in [0, 0.1) is 0 Å². The maximum absolute atomic E-state index is 11.6. The van der Waals surface area contributed by atoms with Gasteiger partial charge in [0, 0.05) is 11.6 Å². The molecule has 144 valence electrons. The molecule has 0 aliphatic rings. The summed E-state index contributed by atoms with van der Waals surface area (Å²) in [5.74, 6) is -1.32. The van der Waals surface area contributed by atoms with Crippen LogP contribution in [0.4, 0.5) is 0 Å². The number of furan rings is 1. The minimum Gasteiger partial charge on any atom is -0.478 e. The lowest BCUT2D eigenvalue weighted by atomic mass is 10.1. The van der Waals surface area contributed by atoms with Crippen molar-refractivity contribution in [1.82, 2.24) is 4.98 Å². The summed E-state index contributed by atoms with van der Waals surface area (Å²) in [6.07, 6.45) is 1.39. The van der Waals surface area contributed by atoms with Crippen molar-refractivity contribution in [2.24, 2.45) is 0 Å². The molecule has 0 amide bonds. The number of fused-ring (bicyclic) bond motifs is 1. The van der Waals surface area contributed by atoms with Crippen LogP contribution in [0.1, 0.15) is 16.1 Å².